The van der Waals surface area contributed by atoms with Crippen molar-refractivity contribution in [2.75, 3.05) is 5.32 Å². The highest BCUT2D eigenvalue weighted by molar-refractivity contribution is 6.03. The van der Waals surface area contributed by atoms with Gasteiger partial charge in [-0.25, -0.2) is 4.79 Å². The highest BCUT2D eigenvalue weighted by Gasteiger charge is 2.16. The standard InChI is InChI=1S/C25H23N3O5/c1-15(2)17-8-10-18(11-9-17)23-27-22(33-28-23)14-32-25(30)19-7-6-16(3)20(13-19)26-24(29)21-5-4-12-31-21/h4-13,15H,14H2,1-3H3,(H,26,29). The largest absolute Gasteiger partial charge is 0.459 e. The molecule has 0 aliphatic carbocycles. The summed E-state index contributed by atoms with van der Waals surface area (Å²) in [4.78, 5) is 29.1. The lowest BCUT2D eigenvalue weighted by molar-refractivity contribution is 0.0429. The van der Waals surface area contributed by atoms with E-state index in [9.17, 15) is 9.59 Å². The van der Waals surface area contributed by atoms with Crippen LogP contribution in [0.2, 0.25) is 0 Å². The van der Waals surface area contributed by atoms with Crippen molar-refractivity contribution in [2.45, 2.75) is 33.3 Å². The fourth-order valence-electron chi connectivity index (χ4n) is 3.13. The van der Waals surface area contributed by atoms with E-state index in [0.717, 1.165) is 11.1 Å². The number of aryl methyl sites for hydroxylation is 1. The summed E-state index contributed by atoms with van der Waals surface area (Å²) in [6.45, 7) is 5.90. The summed E-state index contributed by atoms with van der Waals surface area (Å²) < 4.78 is 15.6. The fraction of sp³-hybridized carbons (Fsp3) is 0.200. The van der Waals surface area contributed by atoms with Crippen LogP contribution in [0.4, 0.5) is 5.69 Å². The number of carbonyl (C=O) groups is 2. The monoisotopic (exact) mass is 445 g/mol. The molecule has 0 aliphatic heterocycles. The van der Waals surface area contributed by atoms with Crippen molar-refractivity contribution in [1.29, 1.82) is 0 Å². The molecular weight excluding hydrogens is 422 g/mol. The van der Waals surface area contributed by atoms with E-state index in [-0.39, 0.29) is 23.8 Å². The van der Waals surface area contributed by atoms with Gasteiger partial charge < -0.3 is 19.0 Å². The van der Waals surface area contributed by atoms with Gasteiger partial charge in [0.15, 0.2) is 12.4 Å². The number of carbonyl (C=O) groups excluding carboxylic acids is 2. The number of ether oxygens (including phenoxy) is 1. The zero-order chi connectivity index (χ0) is 23.4. The molecule has 2 aromatic carbocycles. The number of anilines is 1. The Morgan fingerprint density at radius 1 is 1.09 bits per heavy atom. The van der Waals surface area contributed by atoms with Gasteiger partial charge in [-0.3, -0.25) is 4.79 Å². The molecule has 0 spiro atoms. The average Bonchev–Trinajstić information content (AvgIpc) is 3.51. The van der Waals surface area contributed by atoms with E-state index in [1.807, 2.05) is 31.2 Å². The van der Waals surface area contributed by atoms with Gasteiger partial charge >= 0.3 is 5.97 Å². The van der Waals surface area contributed by atoms with Crippen molar-refractivity contribution in [2.24, 2.45) is 0 Å². The predicted molar refractivity (Wildman–Crippen MR) is 121 cm³/mol. The molecule has 1 amide bonds. The predicted octanol–water partition coefficient (Wildman–Crippen LogP) is 5.37. The van der Waals surface area contributed by atoms with Crippen LogP contribution in [0.1, 0.15) is 57.7 Å². The summed E-state index contributed by atoms with van der Waals surface area (Å²) in [7, 11) is 0. The van der Waals surface area contributed by atoms with Crippen molar-refractivity contribution in [3.05, 3.63) is 89.2 Å². The molecule has 0 atom stereocenters. The zero-order valence-electron chi connectivity index (χ0n) is 18.5. The van der Waals surface area contributed by atoms with E-state index in [1.165, 1.54) is 11.8 Å². The second-order valence-corrected chi connectivity index (χ2v) is 7.83. The van der Waals surface area contributed by atoms with Gasteiger partial charge in [0.05, 0.1) is 11.8 Å². The van der Waals surface area contributed by atoms with Gasteiger partial charge in [0, 0.05) is 11.3 Å². The molecule has 2 heterocycles. The molecule has 4 aromatic rings. The Hall–Kier alpha value is -4.20. The minimum Gasteiger partial charge on any atom is -0.459 e. The van der Waals surface area contributed by atoms with Crippen molar-refractivity contribution in [1.82, 2.24) is 10.1 Å². The second-order valence-electron chi connectivity index (χ2n) is 7.83. The third kappa shape index (κ3) is 5.17. The first-order valence-corrected chi connectivity index (χ1v) is 10.5. The number of amides is 1. The lowest BCUT2D eigenvalue weighted by Gasteiger charge is -2.09. The number of hydrogen-bond donors (Lipinski definition) is 1. The Bertz CT molecular complexity index is 1260. The number of nitrogens with zero attached hydrogens (tertiary/aromatic N) is 2. The summed E-state index contributed by atoms with van der Waals surface area (Å²) in [5.74, 6) is 0.228. The minimum atomic E-state index is -0.579. The first kappa shape index (κ1) is 22.0. The minimum absolute atomic E-state index is 0.169. The van der Waals surface area contributed by atoms with E-state index in [1.54, 1.807) is 30.3 Å². The first-order chi connectivity index (χ1) is 15.9. The third-order valence-electron chi connectivity index (χ3n) is 5.10. The Morgan fingerprint density at radius 2 is 1.88 bits per heavy atom. The van der Waals surface area contributed by atoms with Crippen molar-refractivity contribution in [3.8, 4) is 11.4 Å². The molecule has 0 fully saturated rings. The van der Waals surface area contributed by atoms with Gasteiger partial charge in [0.25, 0.3) is 11.8 Å². The molecule has 0 saturated heterocycles. The maximum Gasteiger partial charge on any atom is 0.338 e. The fourth-order valence-corrected chi connectivity index (χ4v) is 3.13. The van der Waals surface area contributed by atoms with Crippen LogP contribution in [0, 0.1) is 6.92 Å². The number of rotatable bonds is 7. The highest BCUT2D eigenvalue weighted by atomic mass is 16.6. The maximum atomic E-state index is 12.5. The van der Waals surface area contributed by atoms with E-state index in [2.05, 4.69) is 29.3 Å². The van der Waals surface area contributed by atoms with Crippen LogP contribution in [0.5, 0.6) is 0 Å². The van der Waals surface area contributed by atoms with Crippen LogP contribution in [0.25, 0.3) is 11.4 Å². The van der Waals surface area contributed by atoms with Gasteiger partial charge in [0.2, 0.25) is 5.82 Å². The van der Waals surface area contributed by atoms with Crippen LogP contribution in [-0.4, -0.2) is 22.0 Å². The summed E-state index contributed by atoms with van der Waals surface area (Å²) in [5, 5.41) is 6.69. The number of furan rings is 1. The molecule has 33 heavy (non-hydrogen) atoms. The number of esters is 1. The summed E-state index contributed by atoms with van der Waals surface area (Å²) in [5.41, 5.74) is 3.58. The van der Waals surface area contributed by atoms with Crippen LogP contribution in [0.15, 0.2) is 69.8 Å². The molecule has 8 nitrogen and oxygen atoms in total. The van der Waals surface area contributed by atoms with Crippen LogP contribution in [0.3, 0.4) is 0 Å². The van der Waals surface area contributed by atoms with Gasteiger partial charge in [-0.1, -0.05) is 49.3 Å². The number of benzene rings is 2. The normalized spacial score (nSPS) is 10.9. The van der Waals surface area contributed by atoms with Gasteiger partial charge in [-0.2, -0.15) is 4.98 Å². The molecule has 4 rings (SSSR count). The molecule has 2 aromatic heterocycles. The lowest BCUT2D eigenvalue weighted by Crippen LogP contribution is -2.13. The van der Waals surface area contributed by atoms with Gasteiger partial charge in [-0.05, 0) is 48.2 Å². The first-order valence-electron chi connectivity index (χ1n) is 10.5. The van der Waals surface area contributed by atoms with Crippen LogP contribution < -0.4 is 5.32 Å². The van der Waals surface area contributed by atoms with Crippen molar-refractivity contribution < 1.29 is 23.3 Å². The number of nitrogens with one attached hydrogen (secondary N) is 1. The lowest BCUT2D eigenvalue weighted by atomic mass is 10.0. The van der Waals surface area contributed by atoms with E-state index in [4.69, 9.17) is 13.7 Å². The maximum absolute atomic E-state index is 12.5. The Balaban J connectivity index is 1.39. The molecule has 168 valence electrons. The Kier molecular flexibility index (Phi) is 6.35. The molecule has 0 radical (unpaired) electrons. The number of hydrogen-bond acceptors (Lipinski definition) is 7. The topological polar surface area (TPSA) is 107 Å². The highest BCUT2D eigenvalue weighted by Crippen LogP contribution is 2.22. The van der Waals surface area contributed by atoms with E-state index >= 15 is 0 Å². The second kappa shape index (κ2) is 9.52. The average molecular weight is 445 g/mol. The molecule has 0 unspecified atom stereocenters. The molecular formula is C25H23N3O5. The van der Waals surface area contributed by atoms with Gasteiger partial charge in [-0.15, -0.1) is 0 Å². The SMILES string of the molecule is Cc1ccc(C(=O)OCc2nc(-c3ccc(C(C)C)cc3)no2)cc1NC(=O)c1ccco1. The molecule has 0 bridgehead atoms. The van der Waals surface area contributed by atoms with Crippen molar-refractivity contribution in [3.63, 3.8) is 0 Å². The summed E-state index contributed by atoms with van der Waals surface area (Å²) >= 11 is 0. The number of aromatic nitrogens is 2. The van der Waals surface area contributed by atoms with Gasteiger partial charge in [0.1, 0.15) is 0 Å². The van der Waals surface area contributed by atoms with E-state index in [0.29, 0.717) is 17.4 Å². The Labute approximate surface area is 190 Å². The van der Waals surface area contributed by atoms with E-state index < -0.39 is 11.9 Å². The summed E-state index contributed by atoms with van der Waals surface area (Å²) in [6.07, 6.45) is 1.42. The third-order valence-corrected chi connectivity index (χ3v) is 5.10. The summed E-state index contributed by atoms with van der Waals surface area (Å²) in [6, 6.07) is 16.0. The molecule has 8 heteroatoms. The van der Waals surface area contributed by atoms with Crippen molar-refractivity contribution >= 4 is 17.6 Å². The van der Waals surface area contributed by atoms with Crippen LogP contribution in [-0.2, 0) is 11.3 Å². The molecule has 0 saturated carbocycles. The Morgan fingerprint density at radius 3 is 2.58 bits per heavy atom. The quantitative estimate of drug-likeness (QED) is 0.381. The smallest absolute Gasteiger partial charge is 0.338 e. The van der Waals surface area contributed by atoms with Crippen LogP contribution >= 0.6 is 0 Å². The molecule has 1 N–H and O–H groups in total. The molecule has 0 aliphatic rings. The zero-order valence-corrected chi connectivity index (χ0v) is 18.5.